The molecule has 1 unspecified atom stereocenters. The monoisotopic (exact) mass is 236 g/mol. The second kappa shape index (κ2) is 5.89. The summed E-state index contributed by atoms with van der Waals surface area (Å²) in [6.07, 6.45) is 0.249. The first-order valence-electron chi connectivity index (χ1n) is 5.96. The van der Waals surface area contributed by atoms with Gasteiger partial charge in [-0.2, -0.15) is 0 Å². The molecule has 1 aliphatic rings. The molecule has 0 saturated carbocycles. The van der Waals surface area contributed by atoms with Crippen LogP contribution in [0.3, 0.4) is 0 Å². The lowest BCUT2D eigenvalue weighted by Crippen LogP contribution is -2.43. The summed E-state index contributed by atoms with van der Waals surface area (Å²) >= 11 is 0. The van der Waals surface area contributed by atoms with E-state index in [0.717, 1.165) is 37.7 Å². The highest BCUT2D eigenvalue weighted by Crippen LogP contribution is 2.23. The molecule has 1 heterocycles. The molecule has 1 aromatic carbocycles. The summed E-state index contributed by atoms with van der Waals surface area (Å²) in [6, 6.07) is 7.94. The van der Waals surface area contributed by atoms with Crippen LogP contribution >= 0.6 is 0 Å². The lowest BCUT2D eigenvalue weighted by molar-refractivity contribution is -0.0117. The molecule has 1 aliphatic heterocycles. The van der Waals surface area contributed by atoms with Gasteiger partial charge in [0.1, 0.15) is 5.75 Å². The van der Waals surface area contributed by atoms with Crippen molar-refractivity contribution < 1.29 is 9.47 Å². The second-order valence-electron chi connectivity index (χ2n) is 4.34. The molecule has 1 fully saturated rings. The molecule has 17 heavy (non-hydrogen) atoms. The highest BCUT2D eigenvalue weighted by atomic mass is 16.5. The van der Waals surface area contributed by atoms with Crippen molar-refractivity contribution in [2.45, 2.75) is 6.10 Å². The van der Waals surface area contributed by atoms with E-state index < -0.39 is 0 Å². The molecule has 1 N–H and O–H groups in total. The molecule has 0 spiro atoms. The van der Waals surface area contributed by atoms with Gasteiger partial charge in [0.05, 0.1) is 25.5 Å². The SMILES string of the molecule is COc1ccccc1NCC1CN(C)CCO1. The molecule has 0 aliphatic carbocycles. The average Bonchev–Trinajstić information content (AvgIpc) is 2.37. The van der Waals surface area contributed by atoms with E-state index in [1.54, 1.807) is 7.11 Å². The second-order valence-corrected chi connectivity index (χ2v) is 4.34. The molecule has 4 nitrogen and oxygen atoms in total. The smallest absolute Gasteiger partial charge is 0.141 e. The maximum absolute atomic E-state index is 5.70. The Morgan fingerprint density at radius 3 is 3.06 bits per heavy atom. The van der Waals surface area contributed by atoms with E-state index in [-0.39, 0.29) is 6.10 Å². The van der Waals surface area contributed by atoms with E-state index in [9.17, 15) is 0 Å². The summed E-state index contributed by atoms with van der Waals surface area (Å²) in [7, 11) is 3.81. The zero-order chi connectivity index (χ0) is 12.1. The number of anilines is 1. The maximum Gasteiger partial charge on any atom is 0.141 e. The van der Waals surface area contributed by atoms with Crippen LogP contribution in [0.25, 0.3) is 0 Å². The summed E-state index contributed by atoms with van der Waals surface area (Å²) in [5.41, 5.74) is 1.02. The number of ether oxygens (including phenoxy) is 2. The highest BCUT2D eigenvalue weighted by molar-refractivity contribution is 5.56. The van der Waals surface area contributed by atoms with Gasteiger partial charge in [0.25, 0.3) is 0 Å². The van der Waals surface area contributed by atoms with Crippen LogP contribution in [0.5, 0.6) is 5.75 Å². The number of para-hydroxylation sites is 2. The zero-order valence-corrected chi connectivity index (χ0v) is 10.5. The predicted octanol–water partition coefficient (Wildman–Crippen LogP) is 1.44. The Balaban J connectivity index is 1.88. The quantitative estimate of drug-likeness (QED) is 0.857. The zero-order valence-electron chi connectivity index (χ0n) is 10.5. The lowest BCUT2D eigenvalue weighted by Gasteiger charge is -2.30. The first kappa shape index (κ1) is 12.2. The van der Waals surface area contributed by atoms with E-state index in [4.69, 9.17) is 9.47 Å². The normalized spacial score (nSPS) is 21.2. The average molecular weight is 236 g/mol. The maximum atomic E-state index is 5.70. The van der Waals surface area contributed by atoms with Crippen molar-refractivity contribution in [3.8, 4) is 5.75 Å². The minimum Gasteiger partial charge on any atom is -0.495 e. The van der Waals surface area contributed by atoms with Gasteiger partial charge < -0.3 is 19.7 Å². The number of nitrogens with zero attached hydrogens (tertiary/aromatic N) is 1. The molecule has 0 aromatic heterocycles. The van der Waals surface area contributed by atoms with E-state index in [0.29, 0.717) is 0 Å². The number of hydrogen-bond donors (Lipinski definition) is 1. The third kappa shape index (κ3) is 3.35. The van der Waals surface area contributed by atoms with Crippen molar-refractivity contribution in [3.05, 3.63) is 24.3 Å². The van der Waals surface area contributed by atoms with Crippen LogP contribution in [0.2, 0.25) is 0 Å². The van der Waals surface area contributed by atoms with Crippen LogP contribution in [-0.4, -0.2) is 51.4 Å². The van der Waals surface area contributed by atoms with E-state index in [2.05, 4.69) is 17.3 Å². The van der Waals surface area contributed by atoms with Gasteiger partial charge >= 0.3 is 0 Å². The number of hydrogen-bond acceptors (Lipinski definition) is 4. The first-order chi connectivity index (χ1) is 8.29. The summed E-state index contributed by atoms with van der Waals surface area (Å²) < 4.78 is 11.0. The summed E-state index contributed by atoms with van der Waals surface area (Å²) in [6.45, 7) is 3.62. The fourth-order valence-electron chi connectivity index (χ4n) is 2.00. The Morgan fingerprint density at radius 1 is 1.47 bits per heavy atom. The summed E-state index contributed by atoms with van der Waals surface area (Å²) in [4.78, 5) is 2.29. The van der Waals surface area contributed by atoms with Crippen molar-refractivity contribution in [3.63, 3.8) is 0 Å². The van der Waals surface area contributed by atoms with Gasteiger partial charge in [-0.25, -0.2) is 0 Å². The van der Waals surface area contributed by atoms with Gasteiger partial charge in [0, 0.05) is 19.6 Å². The molecule has 0 bridgehead atoms. The Labute approximate surface area is 103 Å². The Kier molecular flexibility index (Phi) is 4.23. The number of methoxy groups -OCH3 is 1. The van der Waals surface area contributed by atoms with Crippen molar-refractivity contribution in [1.82, 2.24) is 4.90 Å². The molecule has 1 aromatic rings. The van der Waals surface area contributed by atoms with Gasteiger partial charge in [-0.15, -0.1) is 0 Å². The Morgan fingerprint density at radius 2 is 2.29 bits per heavy atom. The summed E-state index contributed by atoms with van der Waals surface area (Å²) in [5.74, 6) is 0.872. The molecule has 1 atom stereocenters. The van der Waals surface area contributed by atoms with Gasteiger partial charge in [0.15, 0.2) is 0 Å². The van der Waals surface area contributed by atoms with Gasteiger partial charge in [-0.3, -0.25) is 0 Å². The largest absolute Gasteiger partial charge is 0.495 e. The molecular weight excluding hydrogens is 216 g/mol. The van der Waals surface area contributed by atoms with Gasteiger partial charge in [0.2, 0.25) is 0 Å². The van der Waals surface area contributed by atoms with E-state index in [1.165, 1.54) is 0 Å². The fourth-order valence-corrected chi connectivity index (χ4v) is 2.00. The van der Waals surface area contributed by atoms with Crippen molar-refractivity contribution in [2.24, 2.45) is 0 Å². The molecule has 0 amide bonds. The molecule has 4 heteroatoms. The Bertz CT molecular complexity index is 357. The Hall–Kier alpha value is -1.26. The lowest BCUT2D eigenvalue weighted by atomic mass is 10.2. The first-order valence-corrected chi connectivity index (χ1v) is 5.96. The molecule has 94 valence electrons. The van der Waals surface area contributed by atoms with Gasteiger partial charge in [-0.05, 0) is 19.2 Å². The van der Waals surface area contributed by atoms with Crippen molar-refractivity contribution >= 4 is 5.69 Å². The van der Waals surface area contributed by atoms with Crippen molar-refractivity contribution in [1.29, 1.82) is 0 Å². The predicted molar refractivity (Wildman–Crippen MR) is 68.7 cm³/mol. The number of benzene rings is 1. The summed E-state index contributed by atoms with van der Waals surface area (Å²) in [5, 5.41) is 3.38. The van der Waals surface area contributed by atoms with Crippen molar-refractivity contribution in [2.75, 3.05) is 45.7 Å². The number of morpholine rings is 1. The fraction of sp³-hybridized carbons (Fsp3) is 0.538. The minimum absolute atomic E-state index is 0.249. The molecular formula is C13H20N2O2. The van der Waals surface area contributed by atoms with E-state index >= 15 is 0 Å². The third-order valence-electron chi connectivity index (χ3n) is 2.97. The van der Waals surface area contributed by atoms with Crippen LogP contribution in [0, 0.1) is 0 Å². The third-order valence-corrected chi connectivity index (χ3v) is 2.97. The standard InChI is InChI=1S/C13H20N2O2/c1-15-7-8-17-11(10-15)9-14-12-5-3-4-6-13(12)16-2/h3-6,11,14H,7-10H2,1-2H3. The number of nitrogens with one attached hydrogen (secondary N) is 1. The van der Waals surface area contributed by atoms with Crippen LogP contribution in [0.4, 0.5) is 5.69 Å². The molecule has 0 radical (unpaired) electrons. The van der Waals surface area contributed by atoms with Crippen LogP contribution in [-0.2, 0) is 4.74 Å². The van der Waals surface area contributed by atoms with Crippen LogP contribution < -0.4 is 10.1 Å². The molecule has 1 saturated heterocycles. The van der Waals surface area contributed by atoms with Crippen LogP contribution in [0.1, 0.15) is 0 Å². The van der Waals surface area contributed by atoms with E-state index in [1.807, 2.05) is 24.3 Å². The van der Waals surface area contributed by atoms with Gasteiger partial charge in [-0.1, -0.05) is 12.1 Å². The topological polar surface area (TPSA) is 33.7 Å². The highest BCUT2D eigenvalue weighted by Gasteiger charge is 2.17. The number of rotatable bonds is 4. The molecule has 2 rings (SSSR count). The number of likely N-dealkylation sites (N-methyl/N-ethyl adjacent to an activating group) is 1. The van der Waals surface area contributed by atoms with Crippen LogP contribution in [0.15, 0.2) is 24.3 Å². The minimum atomic E-state index is 0.249.